The Morgan fingerprint density at radius 3 is 2.86 bits per heavy atom. The van der Waals surface area contributed by atoms with Gasteiger partial charge in [-0.15, -0.1) is 0 Å². The van der Waals surface area contributed by atoms with E-state index < -0.39 is 0 Å². The normalized spacial score (nSPS) is 25.5. The maximum atomic E-state index is 12.4. The number of hydrogen-bond donors (Lipinski definition) is 1. The third kappa shape index (κ3) is 3.72. The van der Waals surface area contributed by atoms with E-state index in [0.717, 1.165) is 22.6 Å². The van der Waals surface area contributed by atoms with Gasteiger partial charge in [0.25, 0.3) is 0 Å². The molecular weight excluding hydrogens is 340 g/mol. The third-order valence-electron chi connectivity index (χ3n) is 5.10. The quantitative estimate of drug-likeness (QED) is 0.864. The van der Waals surface area contributed by atoms with Crippen LogP contribution in [0.15, 0.2) is 22.7 Å². The molecule has 1 aliphatic carbocycles. The number of rotatable bonds is 3. The summed E-state index contributed by atoms with van der Waals surface area (Å²) in [5.41, 5.74) is 2.05. The van der Waals surface area contributed by atoms with Gasteiger partial charge in [-0.05, 0) is 78.7 Å². The lowest BCUT2D eigenvalue weighted by Crippen LogP contribution is -2.49. The van der Waals surface area contributed by atoms with Gasteiger partial charge in [0, 0.05) is 10.5 Å². The van der Waals surface area contributed by atoms with Gasteiger partial charge in [0.2, 0.25) is 5.91 Å². The van der Waals surface area contributed by atoms with Gasteiger partial charge in [0.15, 0.2) is 0 Å². The minimum absolute atomic E-state index is 0.107. The molecule has 1 N–H and O–H groups in total. The SMILES string of the molecule is Cc1ccc(NC(=O)CN2CCC[C@@H]3CCCC[C@@H]32)c(Br)c1. The molecule has 120 valence electrons. The van der Waals surface area contributed by atoms with E-state index in [1.807, 2.05) is 25.1 Å². The first-order valence-electron chi connectivity index (χ1n) is 8.43. The van der Waals surface area contributed by atoms with Crippen LogP contribution >= 0.6 is 15.9 Å². The van der Waals surface area contributed by atoms with E-state index in [1.165, 1.54) is 44.1 Å². The first kappa shape index (κ1) is 16.0. The van der Waals surface area contributed by atoms with Gasteiger partial charge in [-0.1, -0.05) is 18.9 Å². The van der Waals surface area contributed by atoms with Crippen molar-refractivity contribution in [1.29, 1.82) is 0 Å². The molecule has 0 spiro atoms. The molecule has 1 aliphatic heterocycles. The fourth-order valence-electron chi connectivity index (χ4n) is 4.02. The summed E-state index contributed by atoms with van der Waals surface area (Å²) in [5, 5.41) is 3.05. The van der Waals surface area contributed by atoms with Gasteiger partial charge in [-0.2, -0.15) is 0 Å². The van der Waals surface area contributed by atoms with Crippen molar-refractivity contribution in [3.8, 4) is 0 Å². The first-order valence-corrected chi connectivity index (χ1v) is 9.23. The van der Waals surface area contributed by atoms with Crippen LogP contribution in [-0.2, 0) is 4.79 Å². The summed E-state index contributed by atoms with van der Waals surface area (Å²) in [6.45, 7) is 3.65. The molecule has 1 aromatic carbocycles. The smallest absolute Gasteiger partial charge is 0.238 e. The minimum atomic E-state index is 0.107. The number of hydrogen-bond acceptors (Lipinski definition) is 2. The van der Waals surface area contributed by atoms with Crippen LogP contribution in [0.2, 0.25) is 0 Å². The molecule has 0 bridgehead atoms. The highest BCUT2D eigenvalue weighted by Gasteiger charge is 2.33. The second kappa shape index (κ2) is 7.14. The number of carbonyl (C=O) groups excluding carboxylic acids is 1. The van der Waals surface area contributed by atoms with Crippen LogP contribution in [0, 0.1) is 12.8 Å². The third-order valence-corrected chi connectivity index (χ3v) is 5.76. The predicted molar refractivity (Wildman–Crippen MR) is 94.1 cm³/mol. The number of halogens is 1. The number of nitrogens with zero attached hydrogens (tertiary/aromatic N) is 1. The van der Waals surface area contributed by atoms with Crippen molar-refractivity contribution in [3.63, 3.8) is 0 Å². The van der Waals surface area contributed by atoms with Crippen molar-refractivity contribution < 1.29 is 4.79 Å². The average Bonchev–Trinajstić information content (AvgIpc) is 2.50. The van der Waals surface area contributed by atoms with Crippen molar-refractivity contribution in [2.45, 2.75) is 51.5 Å². The number of carbonyl (C=O) groups is 1. The van der Waals surface area contributed by atoms with Gasteiger partial charge in [-0.3, -0.25) is 9.69 Å². The largest absolute Gasteiger partial charge is 0.324 e. The molecule has 2 fully saturated rings. The van der Waals surface area contributed by atoms with E-state index in [9.17, 15) is 4.79 Å². The summed E-state index contributed by atoms with van der Waals surface area (Å²) in [4.78, 5) is 14.8. The van der Waals surface area contributed by atoms with E-state index in [2.05, 4.69) is 26.1 Å². The molecule has 1 saturated carbocycles. The maximum absolute atomic E-state index is 12.4. The Hall–Kier alpha value is -0.870. The molecule has 22 heavy (non-hydrogen) atoms. The Morgan fingerprint density at radius 1 is 1.27 bits per heavy atom. The van der Waals surface area contributed by atoms with E-state index in [-0.39, 0.29) is 5.91 Å². The summed E-state index contributed by atoms with van der Waals surface area (Å²) in [5.74, 6) is 0.928. The van der Waals surface area contributed by atoms with Gasteiger partial charge < -0.3 is 5.32 Å². The van der Waals surface area contributed by atoms with Gasteiger partial charge in [-0.25, -0.2) is 0 Å². The number of nitrogens with one attached hydrogen (secondary N) is 1. The van der Waals surface area contributed by atoms with Gasteiger partial charge >= 0.3 is 0 Å². The summed E-state index contributed by atoms with van der Waals surface area (Å²) >= 11 is 3.53. The zero-order valence-electron chi connectivity index (χ0n) is 13.3. The molecule has 1 saturated heterocycles. The Morgan fingerprint density at radius 2 is 2.05 bits per heavy atom. The van der Waals surface area contributed by atoms with E-state index >= 15 is 0 Å². The Balaban J connectivity index is 1.61. The monoisotopic (exact) mass is 364 g/mol. The zero-order valence-corrected chi connectivity index (χ0v) is 14.9. The standard InChI is InChI=1S/C18H25BrN2O/c1-13-8-9-16(15(19)11-13)20-18(22)12-21-10-4-6-14-5-2-3-7-17(14)21/h8-9,11,14,17H,2-7,10,12H2,1H3,(H,20,22)/t14-,17-/m0/s1. The Bertz CT molecular complexity index is 544. The maximum Gasteiger partial charge on any atom is 0.238 e. The van der Waals surface area contributed by atoms with Crippen LogP contribution in [-0.4, -0.2) is 29.9 Å². The second-order valence-corrected chi connectivity index (χ2v) is 7.61. The van der Waals surface area contributed by atoms with E-state index in [0.29, 0.717) is 12.6 Å². The summed E-state index contributed by atoms with van der Waals surface area (Å²) in [7, 11) is 0. The van der Waals surface area contributed by atoms with Crippen LogP contribution in [0.25, 0.3) is 0 Å². The molecule has 4 heteroatoms. The average molecular weight is 365 g/mol. The molecular formula is C18H25BrN2O. The van der Waals surface area contributed by atoms with Gasteiger partial charge in [0.05, 0.1) is 12.2 Å². The molecule has 2 aliphatic rings. The predicted octanol–water partition coefficient (Wildman–Crippen LogP) is 4.35. The highest BCUT2D eigenvalue weighted by Crippen LogP contribution is 2.35. The van der Waals surface area contributed by atoms with Crippen molar-refractivity contribution in [2.75, 3.05) is 18.4 Å². The number of benzene rings is 1. The molecule has 2 atom stereocenters. The molecule has 3 rings (SSSR count). The fourth-order valence-corrected chi connectivity index (χ4v) is 4.61. The Labute approximate surface area is 141 Å². The molecule has 3 nitrogen and oxygen atoms in total. The summed E-state index contributed by atoms with van der Waals surface area (Å²) < 4.78 is 0.954. The lowest BCUT2D eigenvalue weighted by Gasteiger charge is -2.43. The zero-order chi connectivity index (χ0) is 15.5. The number of amides is 1. The van der Waals surface area contributed by atoms with E-state index in [4.69, 9.17) is 0 Å². The topological polar surface area (TPSA) is 32.3 Å². The summed E-state index contributed by atoms with van der Waals surface area (Å²) in [6.07, 6.45) is 7.91. The number of anilines is 1. The summed E-state index contributed by atoms with van der Waals surface area (Å²) in [6, 6.07) is 6.66. The van der Waals surface area contributed by atoms with Crippen molar-refractivity contribution in [1.82, 2.24) is 4.90 Å². The number of aryl methyl sites for hydroxylation is 1. The van der Waals surface area contributed by atoms with E-state index in [1.54, 1.807) is 0 Å². The Kier molecular flexibility index (Phi) is 5.19. The molecule has 1 heterocycles. The number of likely N-dealkylation sites (tertiary alicyclic amines) is 1. The molecule has 0 aromatic heterocycles. The second-order valence-electron chi connectivity index (χ2n) is 6.76. The number of fused-ring (bicyclic) bond motifs is 1. The van der Waals surface area contributed by atoms with Crippen LogP contribution in [0.4, 0.5) is 5.69 Å². The van der Waals surface area contributed by atoms with Crippen molar-refractivity contribution in [2.24, 2.45) is 5.92 Å². The molecule has 0 unspecified atom stereocenters. The lowest BCUT2D eigenvalue weighted by molar-refractivity contribution is -0.118. The lowest BCUT2D eigenvalue weighted by atomic mass is 9.78. The highest BCUT2D eigenvalue weighted by molar-refractivity contribution is 9.10. The first-order chi connectivity index (χ1) is 10.6. The minimum Gasteiger partial charge on any atom is -0.324 e. The van der Waals surface area contributed by atoms with Crippen molar-refractivity contribution >= 4 is 27.5 Å². The highest BCUT2D eigenvalue weighted by atomic mass is 79.9. The number of piperidine rings is 1. The van der Waals surface area contributed by atoms with Crippen LogP contribution < -0.4 is 5.32 Å². The van der Waals surface area contributed by atoms with Crippen LogP contribution in [0.1, 0.15) is 44.1 Å². The van der Waals surface area contributed by atoms with Gasteiger partial charge in [0.1, 0.15) is 0 Å². The molecule has 1 aromatic rings. The van der Waals surface area contributed by atoms with Crippen LogP contribution in [0.3, 0.4) is 0 Å². The molecule has 1 amide bonds. The molecule has 0 radical (unpaired) electrons. The fraction of sp³-hybridized carbons (Fsp3) is 0.611. The van der Waals surface area contributed by atoms with Crippen molar-refractivity contribution in [3.05, 3.63) is 28.2 Å². The van der Waals surface area contributed by atoms with Crippen LogP contribution in [0.5, 0.6) is 0 Å².